The second-order valence-electron chi connectivity index (χ2n) is 4.68. The molecule has 1 amide bonds. The van der Waals surface area contributed by atoms with Crippen molar-refractivity contribution in [3.05, 3.63) is 35.9 Å². The van der Waals surface area contributed by atoms with Crippen molar-refractivity contribution in [2.75, 3.05) is 19.6 Å². The van der Waals surface area contributed by atoms with Gasteiger partial charge in [-0.3, -0.25) is 4.79 Å². The topological polar surface area (TPSA) is 46.3 Å². The van der Waals surface area contributed by atoms with Crippen molar-refractivity contribution in [1.82, 2.24) is 4.90 Å². The fourth-order valence-electron chi connectivity index (χ4n) is 2.42. The molecule has 1 aliphatic heterocycles. The maximum atomic E-state index is 12.2. The molecule has 1 aromatic rings. The molecule has 3 nitrogen and oxygen atoms in total. The van der Waals surface area contributed by atoms with Crippen molar-refractivity contribution >= 4 is 5.91 Å². The Morgan fingerprint density at radius 2 is 1.88 bits per heavy atom. The Kier molecular flexibility index (Phi) is 4.15. The van der Waals surface area contributed by atoms with Gasteiger partial charge in [0.25, 0.3) is 5.91 Å². The molecule has 2 N–H and O–H groups in total. The molecule has 1 aliphatic rings. The van der Waals surface area contributed by atoms with E-state index in [2.05, 4.69) is 0 Å². The predicted octanol–water partition coefficient (Wildman–Crippen LogP) is 1.89. The number of likely N-dealkylation sites (tertiary alicyclic amines) is 1. The summed E-state index contributed by atoms with van der Waals surface area (Å²) in [7, 11) is 0. The average Bonchev–Trinajstić information content (AvgIpc) is 2.40. The van der Waals surface area contributed by atoms with Crippen molar-refractivity contribution in [1.29, 1.82) is 0 Å². The maximum absolute atomic E-state index is 12.2. The largest absolute Gasteiger partial charge is 0.339 e. The molecule has 1 saturated heterocycles. The van der Waals surface area contributed by atoms with E-state index >= 15 is 0 Å². The number of carbonyl (C=O) groups excluding carboxylic acids is 1. The first-order valence-electron chi connectivity index (χ1n) is 6.35. The minimum absolute atomic E-state index is 0.164. The van der Waals surface area contributed by atoms with Gasteiger partial charge in [-0.1, -0.05) is 18.2 Å². The molecule has 2 rings (SSSR count). The number of carbonyl (C=O) groups is 1. The lowest BCUT2D eigenvalue weighted by Gasteiger charge is -2.31. The maximum Gasteiger partial charge on any atom is 0.253 e. The molecule has 92 valence electrons. The molecular formula is C14H20N2O. The van der Waals surface area contributed by atoms with Crippen molar-refractivity contribution in [2.24, 2.45) is 11.7 Å². The Labute approximate surface area is 103 Å². The van der Waals surface area contributed by atoms with E-state index in [0.29, 0.717) is 5.92 Å². The zero-order chi connectivity index (χ0) is 12.1. The van der Waals surface area contributed by atoms with Crippen molar-refractivity contribution in [3.63, 3.8) is 0 Å². The fraction of sp³-hybridized carbons (Fsp3) is 0.500. The van der Waals surface area contributed by atoms with Crippen LogP contribution in [0.5, 0.6) is 0 Å². The zero-order valence-electron chi connectivity index (χ0n) is 10.1. The first-order chi connectivity index (χ1) is 8.31. The first-order valence-corrected chi connectivity index (χ1v) is 6.35. The van der Waals surface area contributed by atoms with Crippen LogP contribution < -0.4 is 5.73 Å². The molecule has 0 spiro atoms. The van der Waals surface area contributed by atoms with Gasteiger partial charge in [-0.05, 0) is 43.9 Å². The molecule has 17 heavy (non-hydrogen) atoms. The number of nitrogens with zero attached hydrogens (tertiary/aromatic N) is 1. The van der Waals surface area contributed by atoms with E-state index in [1.165, 1.54) is 0 Å². The van der Waals surface area contributed by atoms with E-state index in [1.54, 1.807) is 0 Å². The first kappa shape index (κ1) is 12.1. The molecule has 1 heterocycles. The van der Waals surface area contributed by atoms with E-state index < -0.39 is 0 Å². The summed E-state index contributed by atoms with van der Waals surface area (Å²) in [6, 6.07) is 9.52. The van der Waals surface area contributed by atoms with Crippen LogP contribution in [0, 0.1) is 5.92 Å². The Bertz CT molecular complexity index is 356. The van der Waals surface area contributed by atoms with Crippen LogP contribution in [0.3, 0.4) is 0 Å². The monoisotopic (exact) mass is 232 g/mol. The SMILES string of the molecule is NCCC1CCN(C(=O)c2ccccc2)CC1. The van der Waals surface area contributed by atoms with Crippen LogP contribution in [0.15, 0.2) is 30.3 Å². The molecule has 1 fully saturated rings. The summed E-state index contributed by atoms with van der Waals surface area (Å²) in [4.78, 5) is 14.1. The van der Waals surface area contributed by atoms with Crippen LogP contribution in [0.4, 0.5) is 0 Å². The van der Waals surface area contributed by atoms with Crippen LogP contribution in [-0.4, -0.2) is 30.4 Å². The molecule has 0 unspecified atom stereocenters. The minimum Gasteiger partial charge on any atom is -0.339 e. The summed E-state index contributed by atoms with van der Waals surface area (Å²) in [5.41, 5.74) is 6.36. The Morgan fingerprint density at radius 3 is 2.47 bits per heavy atom. The Hall–Kier alpha value is -1.35. The van der Waals surface area contributed by atoms with Crippen LogP contribution >= 0.6 is 0 Å². The van der Waals surface area contributed by atoms with Crippen LogP contribution in [-0.2, 0) is 0 Å². The lowest BCUT2D eigenvalue weighted by molar-refractivity contribution is 0.0688. The number of rotatable bonds is 3. The number of amides is 1. The van der Waals surface area contributed by atoms with Gasteiger partial charge in [0.2, 0.25) is 0 Å². The Morgan fingerprint density at radius 1 is 1.24 bits per heavy atom. The number of hydrogen-bond donors (Lipinski definition) is 1. The van der Waals surface area contributed by atoms with Gasteiger partial charge >= 0.3 is 0 Å². The highest BCUT2D eigenvalue weighted by molar-refractivity contribution is 5.94. The van der Waals surface area contributed by atoms with E-state index in [-0.39, 0.29) is 5.91 Å². The predicted molar refractivity (Wildman–Crippen MR) is 68.7 cm³/mol. The van der Waals surface area contributed by atoms with E-state index in [1.807, 2.05) is 35.2 Å². The third-order valence-corrected chi connectivity index (χ3v) is 3.50. The zero-order valence-corrected chi connectivity index (χ0v) is 10.1. The second-order valence-corrected chi connectivity index (χ2v) is 4.68. The number of benzene rings is 1. The summed E-state index contributed by atoms with van der Waals surface area (Å²) in [6.07, 6.45) is 3.28. The fourth-order valence-corrected chi connectivity index (χ4v) is 2.42. The molecule has 0 radical (unpaired) electrons. The Balaban J connectivity index is 1.91. The molecule has 0 aromatic heterocycles. The van der Waals surface area contributed by atoms with Gasteiger partial charge in [0.15, 0.2) is 0 Å². The molecule has 0 saturated carbocycles. The lowest BCUT2D eigenvalue weighted by atomic mass is 9.93. The van der Waals surface area contributed by atoms with Gasteiger partial charge in [-0.2, -0.15) is 0 Å². The van der Waals surface area contributed by atoms with Gasteiger partial charge in [-0.25, -0.2) is 0 Å². The standard InChI is InChI=1S/C14H20N2O/c15-9-6-12-7-10-16(11-8-12)14(17)13-4-2-1-3-5-13/h1-5,12H,6-11,15H2. The molecule has 0 aliphatic carbocycles. The molecular weight excluding hydrogens is 212 g/mol. The van der Waals surface area contributed by atoms with Crippen molar-refractivity contribution < 1.29 is 4.79 Å². The highest BCUT2D eigenvalue weighted by Gasteiger charge is 2.22. The van der Waals surface area contributed by atoms with Crippen molar-refractivity contribution in [3.8, 4) is 0 Å². The normalized spacial score (nSPS) is 17.1. The molecule has 1 aromatic carbocycles. The summed E-state index contributed by atoms with van der Waals surface area (Å²) in [5.74, 6) is 0.872. The summed E-state index contributed by atoms with van der Waals surface area (Å²) < 4.78 is 0. The molecule has 0 atom stereocenters. The third kappa shape index (κ3) is 3.07. The van der Waals surface area contributed by atoms with Gasteiger partial charge in [-0.15, -0.1) is 0 Å². The van der Waals surface area contributed by atoms with Crippen LogP contribution in [0.25, 0.3) is 0 Å². The highest BCUT2D eigenvalue weighted by atomic mass is 16.2. The summed E-state index contributed by atoms with van der Waals surface area (Å²) >= 11 is 0. The van der Waals surface area contributed by atoms with Crippen LogP contribution in [0.2, 0.25) is 0 Å². The lowest BCUT2D eigenvalue weighted by Crippen LogP contribution is -2.38. The molecule has 3 heteroatoms. The summed E-state index contributed by atoms with van der Waals surface area (Å²) in [6.45, 7) is 2.51. The highest BCUT2D eigenvalue weighted by Crippen LogP contribution is 2.21. The number of nitrogens with two attached hydrogens (primary N) is 1. The van der Waals surface area contributed by atoms with Gasteiger partial charge in [0.1, 0.15) is 0 Å². The van der Waals surface area contributed by atoms with Gasteiger partial charge in [0, 0.05) is 18.7 Å². The second kappa shape index (κ2) is 5.82. The number of piperidine rings is 1. The van der Waals surface area contributed by atoms with E-state index in [9.17, 15) is 4.79 Å². The minimum atomic E-state index is 0.164. The third-order valence-electron chi connectivity index (χ3n) is 3.50. The van der Waals surface area contributed by atoms with E-state index in [0.717, 1.165) is 44.5 Å². The van der Waals surface area contributed by atoms with E-state index in [4.69, 9.17) is 5.73 Å². The van der Waals surface area contributed by atoms with Crippen LogP contribution in [0.1, 0.15) is 29.6 Å². The average molecular weight is 232 g/mol. The van der Waals surface area contributed by atoms with Gasteiger partial charge < -0.3 is 10.6 Å². The smallest absolute Gasteiger partial charge is 0.253 e. The molecule has 0 bridgehead atoms. The quantitative estimate of drug-likeness (QED) is 0.865. The van der Waals surface area contributed by atoms with Crippen molar-refractivity contribution in [2.45, 2.75) is 19.3 Å². The summed E-state index contributed by atoms with van der Waals surface area (Å²) in [5, 5.41) is 0. The van der Waals surface area contributed by atoms with Gasteiger partial charge in [0.05, 0.1) is 0 Å². The number of hydrogen-bond acceptors (Lipinski definition) is 2.